The molecule has 1 aromatic rings. The number of aromatic nitrogens is 3. The van der Waals surface area contributed by atoms with Crippen molar-refractivity contribution >= 4 is 9.84 Å². The zero-order valence-electron chi connectivity index (χ0n) is 13.7. The van der Waals surface area contributed by atoms with Crippen LogP contribution in [-0.4, -0.2) is 47.4 Å². The summed E-state index contributed by atoms with van der Waals surface area (Å²) in [4.78, 5) is 12.6. The predicted octanol–water partition coefficient (Wildman–Crippen LogP) is 0.357. The standard InChI is InChI=1S/C15H26N4O3S/c1-2-18-14(13-5-7-16-8-6-13)17-19(15(18)20)10-12-4-3-9-23(21,22)11-12/h12-13,16H,2-11H2,1H3/t12-/m1/s1. The first-order chi connectivity index (χ1) is 11.0. The van der Waals surface area contributed by atoms with Crippen molar-refractivity contribution in [3.63, 3.8) is 0 Å². The minimum absolute atomic E-state index is 0.00697. The van der Waals surface area contributed by atoms with Crippen molar-refractivity contribution in [3.05, 3.63) is 16.3 Å². The number of hydrogen-bond acceptors (Lipinski definition) is 5. The van der Waals surface area contributed by atoms with Gasteiger partial charge in [0.2, 0.25) is 0 Å². The lowest BCUT2D eigenvalue weighted by atomic mass is 9.97. The Hall–Kier alpha value is -1.15. The number of hydrogen-bond donors (Lipinski definition) is 1. The molecule has 1 N–H and O–H groups in total. The summed E-state index contributed by atoms with van der Waals surface area (Å²) in [6.45, 7) is 4.90. The van der Waals surface area contributed by atoms with Gasteiger partial charge in [0.15, 0.2) is 9.84 Å². The minimum atomic E-state index is -2.95. The molecule has 1 aromatic heterocycles. The third kappa shape index (κ3) is 3.68. The topological polar surface area (TPSA) is 86.0 Å². The highest BCUT2D eigenvalue weighted by Crippen LogP contribution is 2.24. The molecule has 8 heteroatoms. The Kier molecular flexibility index (Phi) is 4.91. The Bertz CT molecular complexity index is 701. The lowest BCUT2D eigenvalue weighted by molar-refractivity contribution is 0.392. The molecule has 2 aliphatic rings. The Morgan fingerprint density at radius 2 is 2.00 bits per heavy atom. The molecule has 0 aromatic carbocycles. The van der Waals surface area contributed by atoms with E-state index in [4.69, 9.17) is 0 Å². The van der Waals surface area contributed by atoms with Crippen LogP contribution in [0.3, 0.4) is 0 Å². The smallest absolute Gasteiger partial charge is 0.317 e. The zero-order valence-corrected chi connectivity index (χ0v) is 14.5. The molecule has 0 unspecified atom stereocenters. The van der Waals surface area contributed by atoms with E-state index < -0.39 is 9.84 Å². The van der Waals surface area contributed by atoms with Gasteiger partial charge in [0.1, 0.15) is 5.82 Å². The van der Waals surface area contributed by atoms with Gasteiger partial charge in [-0.05, 0) is 51.6 Å². The zero-order chi connectivity index (χ0) is 16.4. The van der Waals surface area contributed by atoms with Crippen molar-refractivity contribution in [1.29, 1.82) is 0 Å². The average Bonchev–Trinajstić information content (AvgIpc) is 2.83. The van der Waals surface area contributed by atoms with Crippen LogP contribution in [0.2, 0.25) is 0 Å². The monoisotopic (exact) mass is 342 g/mol. The van der Waals surface area contributed by atoms with E-state index in [9.17, 15) is 13.2 Å². The van der Waals surface area contributed by atoms with Crippen LogP contribution in [0.25, 0.3) is 0 Å². The normalized spacial score (nSPS) is 25.5. The Morgan fingerprint density at radius 3 is 2.65 bits per heavy atom. The Labute approximate surface area is 137 Å². The van der Waals surface area contributed by atoms with Crippen LogP contribution in [-0.2, 0) is 22.9 Å². The van der Waals surface area contributed by atoms with Crippen LogP contribution >= 0.6 is 0 Å². The first-order valence-corrected chi connectivity index (χ1v) is 10.4. The maximum absolute atomic E-state index is 12.6. The second kappa shape index (κ2) is 6.76. The molecule has 0 aliphatic carbocycles. The molecular formula is C15H26N4O3S. The molecule has 3 rings (SSSR count). The predicted molar refractivity (Wildman–Crippen MR) is 88.4 cm³/mol. The van der Waals surface area contributed by atoms with Gasteiger partial charge in [-0.25, -0.2) is 17.9 Å². The van der Waals surface area contributed by atoms with E-state index in [1.807, 2.05) is 6.92 Å². The molecule has 23 heavy (non-hydrogen) atoms. The lowest BCUT2D eigenvalue weighted by Gasteiger charge is -2.22. The molecule has 0 bridgehead atoms. The summed E-state index contributed by atoms with van der Waals surface area (Å²) in [6.07, 6.45) is 3.53. The highest BCUT2D eigenvalue weighted by molar-refractivity contribution is 7.91. The summed E-state index contributed by atoms with van der Waals surface area (Å²) in [5.41, 5.74) is -0.0935. The van der Waals surface area contributed by atoms with Gasteiger partial charge in [-0.1, -0.05) is 0 Å². The van der Waals surface area contributed by atoms with Crippen LogP contribution in [0.5, 0.6) is 0 Å². The van der Waals surface area contributed by atoms with E-state index in [0.29, 0.717) is 25.4 Å². The number of piperidine rings is 1. The molecule has 0 amide bonds. The summed E-state index contributed by atoms with van der Waals surface area (Å²) >= 11 is 0. The SMILES string of the molecule is CCn1c(C2CCNCC2)nn(C[C@H]2CCCS(=O)(=O)C2)c1=O. The van der Waals surface area contributed by atoms with Crippen molar-refractivity contribution in [2.45, 2.75) is 51.6 Å². The fraction of sp³-hybridized carbons (Fsp3) is 0.867. The molecular weight excluding hydrogens is 316 g/mol. The number of rotatable bonds is 4. The Balaban J connectivity index is 1.82. The molecule has 3 heterocycles. The molecule has 1 atom stereocenters. The van der Waals surface area contributed by atoms with Crippen LogP contribution < -0.4 is 11.0 Å². The first kappa shape index (κ1) is 16.7. The highest BCUT2D eigenvalue weighted by Gasteiger charge is 2.28. The van der Waals surface area contributed by atoms with E-state index in [0.717, 1.165) is 38.2 Å². The van der Waals surface area contributed by atoms with Crippen molar-refractivity contribution in [2.75, 3.05) is 24.6 Å². The average molecular weight is 342 g/mol. The maximum atomic E-state index is 12.6. The van der Waals surface area contributed by atoms with Gasteiger partial charge in [-0.3, -0.25) is 4.57 Å². The summed E-state index contributed by atoms with van der Waals surface area (Å²) in [6, 6.07) is 0. The van der Waals surface area contributed by atoms with E-state index in [2.05, 4.69) is 10.4 Å². The van der Waals surface area contributed by atoms with Gasteiger partial charge in [0.25, 0.3) is 0 Å². The molecule has 2 saturated heterocycles. The summed E-state index contributed by atoms with van der Waals surface area (Å²) in [5.74, 6) is 1.66. The summed E-state index contributed by atoms with van der Waals surface area (Å²) < 4.78 is 26.8. The van der Waals surface area contributed by atoms with Crippen LogP contribution in [0.4, 0.5) is 0 Å². The fourth-order valence-electron chi connectivity index (χ4n) is 3.76. The largest absolute Gasteiger partial charge is 0.345 e. The van der Waals surface area contributed by atoms with Gasteiger partial charge < -0.3 is 5.32 Å². The fourth-order valence-corrected chi connectivity index (χ4v) is 5.53. The van der Waals surface area contributed by atoms with Crippen molar-refractivity contribution in [3.8, 4) is 0 Å². The Morgan fingerprint density at radius 1 is 1.26 bits per heavy atom. The van der Waals surface area contributed by atoms with Crippen molar-refractivity contribution in [1.82, 2.24) is 19.7 Å². The number of nitrogens with one attached hydrogen (secondary N) is 1. The van der Waals surface area contributed by atoms with Gasteiger partial charge in [0, 0.05) is 12.5 Å². The minimum Gasteiger partial charge on any atom is -0.317 e. The lowest BCUT2D eigenvalue weighted by Crippen LogP contribution is -2.33. The van der Waals surface area contributed by atoms with Crippen molar-refractivity contribution in [2.24, 2.45) is 5.92 Å². The third-order valence-electron chi connectivity index (χ3n) is 4.96. The van der Waals surface area contributed by atoms with E-state index in [1.165, 1.54) is 4.68 Å². The molecule has 2 aliphatic heterocycles. The summed E-state index contributed by atoms with van der Waals surface area (Å²) in [7, 11) is -2.95. The van der Waals surface area contributed by atoms with Crippen LogP contribution in [0.15, 0.2) is 4.79 Å². The van der Waals surface area contributed by atoms with E-state index in [-0.39, 0.29) is 23.1 Å². The van der Waals surface area contributed by atoms with Gasteiger partial charge >= 0.3 is 5.69 Å². The molecule has 2 fully saturated rings. The maximum Gasteiger partial charge on any atom is 0.345 e. The first-order valence-electron chi connectivity index (χ1n) is 8.59. The number of nitrogens with zero attached hydrogens (tertiary/aromatic N) is 3. The van der Waals surface area contributed by atoms with E-state index >= 15 is 0 Å². The second-order valence-electron chi connectivity index (χ2n) is 6.71. The van der Waals surface area contributed by atoms with E-state index in [1.54, 1.807) is 4.57 Å². The van der Waals surface area contributed by atoms with Gasteiger partial charge in [-0.15, -0.1) is 0 Å². The molecule has 7 nitrogen and oxygen atoms in total. The molecule has 0 spiro atoms. The van der Waals surface area contributed by atoms with Gasteiger partial charge in [0.05, 0.1) is 18.1 Å². The van der Waals surface area contributed by atoms with Crippen LogP contribution in [0, 0.1) is 5.92 Å². The third-order valence-corrected chi connectivity index (χ3v) is 6.85. The van der Waals surface area contributed by atoms with Crippen molar-refractivity contribution < 1.29 is 8.42 Å². The van der Waals surface area contributed by atoms with Crippen LogP contribution in [0.1, 0.15) is 44.3 Å². The second-order valence-corrected chi connectivity index (χ2v) is 8.94. The molecule has 0 saturated carbocycles. The number of sulfone groups is 1. The quantitative estimate of drug-likeness (QED) is 0.854. The highest BCUT2D eigenvalue weighted by atomic mass is 32.2. The summed E-state index contributed by atoms with van der Waals surface area (Å²) in [5, 5.41) is 7.92. The van der Waals surface area contributed by atoms with Gasteiger partial charge in [-0.2, -0.15) is 5.10 Å². The molecule has 0 radical (unpaired) electrons. The molecule has 130 valence electrons.